The van der Waals surface area contributed by atoms with Gasteiger partial charge in [0.15, 0.2) is 0 Å². The van der Waals surface area contributed by atoms with Gasteiger partial charge in [0.05, 0.1) is 6.42 Å². The number of nitrogens with one attached hydrogen (secondary N) is 1. The van der Waals surface area contributed by atoms with Gasteiger partial charge < -0.3 is 11.1 Å². The molecule has 0 saturated carbocycles. The number of hydrogen-bond donors (Lipinski definition) is 2. The number of nitrogens with zero attached hydrogens (tertiary/aromatic N) is 1. The zero-order chi connectivity index (χ0) is 15.1. The molecule has 2 amide bonds. The zero-order valence-corrected chi connectivity index (χ0v) is 11.3. The summed E-state index contributed by atoms with van der Waals surface area (Å²) in [5.41, 5.74) is 7.43. The summed E-state index contributed by atoms with van der Waals surface area (Å²) in [7, 11) is 0. The third-order valence-corrected chi connectivity index (χ3v) is 2.71. The van der Waals surface area contributed by atoms with Crippen LogP contribution in [0.2, 0.25) is 0 Å². The number of hydrogen-bond acceptors (Lipinski definition) is 3. The SMILES string of the molecule is NC(=O)Cc1ccc(NC(=O)C=Cc2cccnc2)cc1. The molecule has 0 radical (unpaired) electrons. The molecule has 0 aliphatic carbocycles. The van der Waals surface area contributed by atoms with E-state index in [9.17, 15) is 9.59 Å². The number of primary amides is 1. The lowest BCUT2D eigenvalue weighted by Crippen LogP contribution is -2.13. The molecule has 5 heteroatoms. The second-order valence-corrected chi connectivity index (χ2v) is 4.45. The van der Waals surface area contributed by atoms with Crippen LogP contribution in [0.25, 0.3) is 6.08 Å². The van der Waals surface area contributed by atoms with Gasteiger partial charge in [-0.2, -0.15) is 0 Å². The van der Waals surface area contributed by atoms with Crippen LogP contribution >= 0.6 is 0 Å². The Morgan fingerprint density at radius 3 is 2.57 bits per heavy atom. The van der Waals surface area contributed by atoms with Crippen molar-refractivity contribution in [2.75, 3.05) is 5.32 Å². The highest BCUT2D eigenvalue weighted by Crippen LogP contribution is 2.10. The largest absolute Gasteiger partial charge is 0.369 e. The lowest BCUT2D eigenvalue weighted by molar-refractivity contribution is -0.117. The Morgan fingerprint density at radius 1 is 1.19 bits per heavy atom. The molecule has 2 aromatic rings. The Kier molecular flexibility index (Phi) is 4.82. The highest BCUT2D eigenvalue weighted by Gasteiger charge is 2.00. The normalized spacial score (nSPS) is 10.5. The van der Waals surface area contributed by atoms with E-state index in [0.717, 1.165) is 11.1 Å². The van der Waals surface area contributed by atoms with Gasteiger partial charge in [-0.1, -0.05) is 18.2 Å². The van der Waals surface area contributed by atoms with Crippen molar-refractivity contribution in [3.8, 4) is 0 Å². The highest BCUT2D eigenvalue weighted by atomic mass is 16.1. The molecule has 0 atom stereocenters. The molecule has 1 aromatic heterocycles. The Morgan fingerprint density at radius 2 is 1.95 bits per heavy atom. The molecule has 0 saturated heterocycles. The topological polar surface area (TPSA) is 85.1 Å². The average Bonchev–Trinajstić information content (AvgIpc) is 2.48. The van der Waals surface area contributed by atoms with E-state index in [1.807, 2.05) is 6.07 Å². The molecule has 0 bridgehead atoms. The Balaban J connectivity index is 1.93. The van der Waals surface area contributed by atoms with Crippen molar-refractivity contribution in [2.45, 2.75) is 6.42 Å². The Labute approximate surface area is 122 Å². The maximum atomic E-state index is 11.8. The van der Waals surface area contributed by atoms with Crippen LogP contribution in [0.4, 0.5) is 5.69 Å². The molecule has 106 valence electrons. The van der Waals surface area contributed by atoms with E-state index in [1.54, 1.807) is 48.8 Å². The molecule has 1 heterocycles. The van der Waals surface area contributed by atoms with Gasteiger partial charge in [-0.05, 0) is 35.4 Å². The summed E-state index contributed by atoms with van der Waals surface area (Å²) in [6.07, 6.45) is 6.65. The quantitative estimate of drug-likeness (QED) is 0.819. The number of rotatable bonds is 5. The van der Waals surface area contributed by atoms with Crippen LogP contribution < -0.4 is 11.1 Å². The van der Waals surface area contributed by atoms with Crippen molar-refractivity contribution < 1.29 is 9.59 Å². The first-order valence-electron chi connectivity index (χ1n) is 6.40. The predicted octanol–water partition coefficient (Wildman–Crippen LogP) is 1.76. The standard InChI is InChI=1S/C16H15N3O2/c17-15(20)10-12-3-6-14(7-4-12)19-16(21)8-5-13-2-1-9-18-11-13/h1-9,11H,10H2,(H2,17,20)(H,19,21). The minimum Gasteiger partial charge on any atom is -0.369 e. The average molecular weight is 281 g/mol. The van der Waals surface area contributed by atoms with E-state index in [4.69, 9.17) is 5.73 Å². The van der Waals surface area contributed by atoms with Crippen molar-refractivity contribution in [3.63, 3.8) is 0 Å². The second kappa shape index (κ2) is 7.00. The number of amides is 2. The second-order valence-electron chi connectivity index (χ2n) is 4.45. The fourth-order valence-corrected chi connectivity index (χ4v) is 1.74. The van der Waals surface area contributed by atoms with E-state index in [2.05, 4.69) is 10.3 Å². The van der Waals surface area contributed by atoms with E-state index >= 15 is 0 Å². The first kappa shape index (κ1) is 14.5. The van der Waals surface area contributed by atoms with E-state index in [-0.39, 0.29) is 18.2 Å². The van der Waals surface area contributed by atoms with E-state index in [0.29, 0.717) is 5.69 Å². The number of carbonyl (C=O) groups is 2. The minimum atomic E-state index is -0.383. The number of nitrogens with two attached hydrogens (primary N) is 1. The van der Waals surface area contributed by atoms with Crippen molar-refractivity contribution in [2.24, 2.45) is 5.73 Å². The summed E-state index contributed by atoms with van der Waals surface area (Å²) in [4.78, 5) is 26.5. The molecule has 0 aliphatic rings. The van der Waals surface area contributed by atoms with Crippen LogP contribution in [0.15, 0.2) is 54.9 Å². The summed E-state index contributed by atoms with van der Waals surface area (Å²) in [6, 6.07) is 10.6. The molecule has 0 unspecified atom stereocenters. The lowest BCUT2D eigenvalue weighted by Gasteiger charge is -2.03. The summed E-state index contributed by atoms with van der Waals surface area (Å²) in [5.74, 6) is -0.618. The van der Waals surface area contributed by atoms with Gasteiger partial charge in [-0.3, -0.25) is 14.6 Å². The predicted molar refractivity (Wildman–Crippen MR) is 81.2 cm³/mol. The molecule has 0 fully saturated rings. The highest BCUT2D eigenvalue weighted by molar-refractivity contribution is 6.01. The van der Waals surface area contributed by atoms with Gasteiger partial charge in [0.1, 0.15) is 0 Å². The Hall–Kier alpha value is -2.95. The van der Waals surface area contributed by atoms with Gasteiger partial charge in [-0.15, -0.1) is 0 Å². The smallest absolute Gasteiger partial charge is 0.248 e. The van der Waals surface area contributed by atoms with Crippen LogP contribution in [-0.2, 0) is 16.0 Å². The zero-order valence-electron chi connectivity index (χ0n) is 11.3. The van der Waals surface area contributed by atoms with Crippen molar-refractivity contribution in [1.29, 1.82) is 0 Å². The van der Waals surface area contributed by atoms with Gasteiger partial charge in [-0.25, -0.2) is 0 Å². The molecular weight excluding hydrogens is 266 g/mol. The molecule has 0 aliphatic heterocycles. The fraction of sp³-hybridized carbons (Fsp3) is 0.0625. The molecule has 2 rings (SSSR count). The summed E-state index contributed by atoms with van der Waals surface area (Å²) < 4.78 is 0. The van der Waals surface area contributed by atoms with Crippen LogP contribution in [0, 0.1) is 0 Å². The summed E-state index contributed by atoms with van der Waals surface area (Å²) in [5, 5.41) is 2.73. The summed E-state index contributed by atoms with van der Waals surface area (Å²) >= 11 is 0. The minimum absolute atomic E-state index is 0.190. The third kappa shape index (κ3) is 4.91. The lowest BCUT2D eigenvalue weighted by atomic mass is 10.1. The monoisotopic (exact) mass is 281 g/mol. The van der Waals surface area contributed by atoms with Crippen molar-refractivity contribution in [1.82, 2.24) is 4.98 Å². The molecule has 0 spiro atoms. The maximum absolute atomic E-state index is 11.8. The molecule has 3 N–H and O–H groups in total. The molecule has 5 nitrogen and oxygen atoms in total. The van der Waals surface area contributed by atoms with Gasteiger partial charge in [0.2, 0.25) is 11.8 Å². The van der Waals surface area contributed by atoms with Gasteiger partial charge >= 0.3 is 0 Å². The molecular formula is C16H15N3O2. The number of anilines is 1. The first-order chi connectivity index (χ1) is 10.1. The van der Waals surface area contributed by atoms with E-state index in [1.165, 1.54) is 6.08 Å². The van der Waals surface area contributed by atoms with Gasteiger partial charge in [0, 0.05) is 24.2 Å². The number of aromatic nitrogens is 1. The third-order valence-electron chi connectivity index (χ3n) is 2.71. The number of carbonyl (C=O) groups excluding carboxylic acids is 2. The first-order valence-corrected chi connectivity index (χ1v) is 6.40. The van der Waals surface area contributed by atoms with Crippen molar-refractivity contribution >= 4 is 23.6 Å². The summed E-state index contributed by atoms with van der Waals surface area (Å²) in [6.45, 7) is 0. The van der Waals surface area contributed by atoms with Crippen LogP contribution in [0.1, 0.15) is 11.1 Å². The van der Waals surface area contributed by atoms with Crippen molar-refractivity contribution in [3.05, 3.63) is 66.0 Å². The van der Waals surface area contributed by atoms with Crippen LogP contribution in [0.5, 0.6) is 0 Å². The number of benzene rings is 1. The maximum Gasteiger partial charge on any atom is 0.248 e. The molecule has 21 heavy (non-hydrogen) atoms. The number of pyridine rings is 1. The molecule has 1 aromatic carbocycles. The van der Waals surface area contributed by atoms with Gasteiger partial charge in [0.25, 0.3) is 0 Å². The fourth-order valence-electron chi connectivity index (χ4n) is 1.74. The van der Waals surface area contributed by atoms with Crippen LogP contribution in [0.3, 0.4) is 0 Å². The van der Waals surface area contributed by atoms with E-state index < -0.39 is 0 Å². The Bertz CT molecular complexity index is 649. The van der Waals surface area contributed by atoms with Crippen LogP contribution in [-0.4, -0.2) is 16.8 Å².